The van der Waals surface area contributed by atoms with Crippen LogP contribution in [0.3, 0.4) is 0 Å². The monoisotopic (exact) mass is 198 g/mol. The average molecular weight is 198 g/mol. The molecule has 84 valence electrons. The molecule has 14 heavy (non-hydrogen) atoms. The summed E-state index contributed by atoms with van der Waals surface area (Å²) in [6, 6.07) is 0. The molecule has 1 nitrogen and oxygen atoms in total. The van der Waals surface area contributed by atoms with Gasteiger partial charge in [-0.3, -0.25) is 0 Å². The zero-order valence-corrected chi connectivity index (χ0v) is 10.2. The van der Waals surface area contributed by atoms with Crippen LogP contribution in [-0.2, 0) is 0 Å². The SMILES string of the molecule is CCC(CC)C1(O)CCC(C)CC1C. The third-order valence-electron chi connectivity index (χ3n) is 4.34. The molecule has 0 aromatic heterocycles. The van der Waals surface area contributed by atoms with Crippen molar-refractivity contribution in [1.82, 2.24) is 0 Å². The minimum atomic E-state index is -0.365. The second-order valence-corrected chi connectivity index (χ2v) is 5.29. The van der Waals surface area contributed by atoms with Gasteiger partial charge in [-0.1, -0.05) is 40.5 Å². The molecule has 1 N–H and O–H groups in total. The highest BCUT2D eigenvalue weighted by atomic mass is 16.3. The number of aliphatic hydroxyl groups is 1. The van der Waals surface area contributed by atoms with E-state index in [2.05, 4.69) is 27.7 Å². The number of hydrogen-bond donors (Lipinski definition) is 1. The van der Waals surface area contributed by atoms with Crippen molar-refractivity contribution in [2.75, 3.05) is 0 Å². The molecule has 1 fully saturated rings. The lowest BCUT2D eigenvalue weighted by Crippen LogP contribution is -2.47. The maximum atomic E-state index is 10.7. The fourth-order valence-electron chi connectivity index (χ4n) is 3.25. The highest BCUT2D eigenvalue weighted by Gasteiger charge is 2.42. The first kappa shape index (κ1) is 12.0. The highest BCUT2D eigenvalue weighted by Crippen LogP contribution is 2.43. The molecule has 1 aliphatic carbocycles. The van der Waals surface area contributed by atoms with Gasteiger partial charge in [0.1, 0.15) is 0 Å². The fraction of sp³-hybridized carbons (Fsp3) is 1.00. The van der Waals surface area contributed by atoms with Crippen LogP contribution in [0.2, 0.25) is 0 Å². The van der Waals surface area contributed by atoms with Crippen molar-refractivity contribution in [1.29, 1.82) is 0 Å². The summed E-state index contributed by atoms with van der Waals surface area (Å²) in [6.07, 6.45) is 5.66. The fourth-order valence-corrected chi connectivity index (χ4v) is 3.25. The van der Waals surface area contributed by atoms with E-state index in [9.17, 15) is 5.11 Å². The predicted molar refractivity (Wildman–Crippen MR) is 61.2 cm³/mol. The zero-order chi connectivity index (χ0) is 10.8. The summed E-state index contributed by atoms with van der Waals surface area (Å²) in [5, 5.41) is 10.7. The summed E-state index contributed by atoms with van der Waals surface area (Å²) < 4.78 is 0. The molecule has 1 rings (SSSR count). The first-order valence-electron chi connectivity index (χ1n) is 6.26. The number of rotatable bonds is 3. The van der Waals surface area contributed by atoms with Gasteiger partial charge in [-0.2, -0.15) is 0 Å². The van der Waals surface area contributed by atoms with Gasteiger partial charge < -0.3 is 5.11 Å². The van der Waals surface area contributed by atoms with E-state index in [4.69, 9.17) is 0 Å². The minimum absolute atomic E-state index is 0.365. The Morgan fingerprint density at radius 1 is 1.29 bits per heavy atom. The molecular weight excluding hydrogens is 172 g/mol. The Balaban J connectivity index is 2.71. The molecule has 1 aliphatic rings. The quantitative estimate of drug-likeness (QED) is 0.734. The Hall–Kier alpha value is -0.0400. The van der Waals surface area contributed by atoms with Crippen LogP contribution in [0.1, 0.15) is 59.8 Å². The van der Waals surface area contributed by atoms with Crippen LogP contribution >= 0.6 is 0 Å². The van der Waals surface area contributed by atoms with Gasteiger partial charge in [0.15, 0.2) is 0 Å². The summed E-state index contributed by atoms with van der Waals surface area (Å²) in [5.41, 5.74) is -0.365. The molecule has 0 saturated heterocycles. The van der Waals surface area contributed by atoms with E-state index in [0.29, 0.717) is 11.8 Å². The normalized spacial score (nSPS) is 39.0. The maximum Gasteiger partial charge on any atom is 0.0701 e. The van der Waals surface area contributed by atoms with Crippen molar-refractivity contribution in [3.8, 4) is 0 Å². The van der Waals surface area contributed by atoms with Gasteiger partial charge >= 0.3 is 0 Å². The molecule has 0 aromatic rings. The molecule has 3 atom stereocenters. The predicted octanol–water partition coefficient (Wildman–Crippen LogP) is 3.61. The lowest BCUT2D eigenvalue weighted by atomic mass is 9.65. The van der Waals surface area contributed by atoms with Gasteiger partial charge in [0.25, 0.3) is 0 Å². The van der Waals surface area contributed by atoms with E-state index in [-0.39, 0.29) is 5.60 Å². The average Bonchev–Trinajstić information content (AvgIpc) is 2.14. The lowest BCUT2D eigenvalue weighted by Gasteiger charge is -2.45. The molecule has 0 spiro atoms. The molecular formula is C13H26O. The van der Waals surface area contributed by atoms with Gasteiger partial charge in [0.2, 0.25) is 0 Å². The van der Waals surface area contributed by atoms with Crippen molar-refractivity contribution >= 4 is 0 Å². The van der Waals surface area contributed by atoms with Crippen LogP contribution in [0.4, 0.5) is 0 Å². The van der Waals surface area contributed by atoms with Crippen LogP contribution in [0.25, 0.3) is 0 Å². The molecule has 0 heterocycles. The van der Waals surface area contributed by atoms with E-state index >= 15 is 0 Å². The summed E-state index contributed by atoms with van der Waals surface area (Å²) in [7, 11) is 0. The second kappa shape index (κ2) is 4.65. The molecule has 0 radical (unpaired) electrons. The van der Waals surface area contributed by atoms with Crippen LogP contribution in [0.15, 0.2) is 0 Å². The molecule has 0 bridgehead atoms. The van der Waals surface area contributed by atoms with E-state index < -0.39 is 0 Å². The first-order valence-corrected chi connectivity index (χ1v) is 6.26. The van der Waals surface area contributed by atoms with E-state index in [1.54, 1.807) is 0 Å². The maximum absolute atomic E-state index is 10.7. The highest BCUT2D eigenvalue weighted by molar-refractivity contribution is 4.93. The van der Waals surface area contributed by atoms with Gasteiger partial charge in [0, 0.05) is 0 Å². The molecule has 0 amide bonds. The third-order valence-corrected chi connectivity index (χ3v) is 4.34. The van der Waals surface area contributed by atoms with Crippen LogP contribution < -0.4 is 0 Å². The molecule has 0 aliphatic heterocycles. The minimum Gasteiger partial charge on any atom is -0.389 e. The summed E-state index contributed by atoms with van der Waals surface area (Å²) in [5.74, 6) is 1.79. The topological polar surface area (TPSA) is 20.2 Å². The van der Waals surface area contributed by atoms with Gasteiger partial charge in [0.05, 0.1) is 5.60 Å². The Morgan fingerprint density at radius 3 is 2.29 bits per heavy atom. The molecule has 0 aromatic carbocycles. The van der Waals surface area contributed by atoms with Gasteiger partial charge in [-0.05, 0) is 37.0 Å². The summed E-state index contributed by atoms with van der Waals surface area (Å²) in [4.78, 5) is 0. The Morgan fingerprint density at radius 2 is 1.86 bits per heavy atom. The van der Waals surface area contributed by atoms with Crippen LogP contribution in [0.5, 0.6) is 0 Å². The van der Waals surface area contributed by atoms with Crippen molar-refractivity contribution < 1.29 is 5.11 Å². The molecule has 1 saturated carbocycles. The Bertz CT molecular complexity index is 174. The van der Waals surface area contributed by atoms with Crippen molar-refractivity contribution in [2.24, 2.45) is 17.8 Å². The third kappa shape index (κ3) is 2.13. The summed E-state index contributed by atoms with van der Waals surface area (Å²) >= 11 is 0. The van der Waals surface area contributed by atoms with Crippen molar-refractivity contribution in [2.45, 2.75) is 65.4 Å². The van der Waals surface area contributed by atoms with Crippen LogP contribution in [0, 0.1) is 17.8 Å². The smallest absolute Gasteiger partial charge is 0.0701 e. The largest absolute Gasteiger partial charge is 0.389 e. The van der Waals surface area contributed by atoms with Crippen molar-refractivity contribution in [3.05, 3.63) is 0 Å². The Labute approximate surface area is 88.9 Å². The number of hydrogen-bond acceptors (Lipinski definition) is 1. The first-order chi connectivity index (χ1) is 6.54. The Kier molecular flexibility index (Phi) is 4.00. The standard InChI is InChI=1S/C13H26O/c1-5-12(6-2)13(14)8-7-10(3)9-11(13)4/h10-12,14H,5-9H2,1-4H3. The van der Waals surface area contributed by atoms with Gasteiger partial charge in [-0.15, -0.1) is 0 Å². The zero-order valence-electron chi connectivity index (χ0n) is 10.2. The summed E-state index contributed by atoms with van der Waals surface area (Å²) in [6.45, 7) is 8.95. The molecule has 3 unspecified atom stereocenters. The van der Waals surface area contributed by atoms with Crippen LogP contribution in [-0.4, -0.2) is 10.7 Å². The van der Waals surface area contributed by atoms with E-state index in [0.717, 1.165) is 25.2 Å². The van der Waals surface area contributed by atoms with E-state index in [1.807, 2.05) is 0 Å². The second-order valence-electron chi connectivity index (χ2n) is 5.29. The van der Waals surface area contributed by atoms with E-state index in [1.165, 1.54) is 12.8 Å². The van der Waals surface area contributed by atoms with Crippen molar-refractivity contribution in [3.63, 3.8) is 0 Å². The van der Waals surface area contributed by atoms with Gasteiger partial charge in [-0.25, -0.2) is 0 Å². The molecule has 1 heteroatoms. The lowest BCUT2D eigenvalue weighted by molar-refractivity contribution is -0.100.